The van der Waals surface area contributed by atoms with E-state index < -0.39 is 10.0 Å². The highest BCUT2D eigenvalue weighted by molar-refractivity contribution is 9.10. The van der Waals surface area contributed by atoms with Gasteiger partial charge in [0.15, 0.2) is 0 Å². The quantitative estimate of drug-likeness (QED) is 0.642. The molecule has 0 bridgehead atoms. The molecular weight excluding hydrogens is 452 g/mol. The van der Waals surface area contributed by atoms with Crippen molar-refractivity contribution in [2.75, 3.05) is 17.1 Å². The van der Waals surface area contributed by atoms with Crippen LogP contribution in [0.2, 0.25) is 0 Å². The molecule has 7 heteroatoms. The molecule has 1 unspecified atom stereocenters. The number of carbonyl (C=O) groups is 1. The van der Waals surface area contributed by atoms with Gasteiger partial charge >= 0.3 is 0 Å². The molecule has 0 aliphatic heterocycles. The smallest absolute Gasteiger partial charge is 0.241 e. The molecule has 0 radical (unpaired) electrons. The number of nitrogens with zero attached hydrogens (tertiary/aromatic N) is 1. The molecule has 0 fully saturated rings. The van der Waals surface area contributed by atoms with E-state index >= 15 is 0 Å². The first-order chi connectivity index (χ1) is 13.8. The number of sulfonamides is 1. The lowest BCUT2D eigenvalue weighted by Crippen LogP contribution is -2.41. The van der Waals surface area contributed by atoms with Crippen molar-refractivity contribution in [1.82, 2.24) is 5.32 Å². The van der Waals surface area contributed by atoms with Gasteiger partial charge in [0.05, 0.1) is 18.0 Å². The van der Waals surface area contributed by atoms with Crippen molar-refractivity contribution in [3.8, 4) is 0 Å². The molecule has 3 rings (SSSR count). The second-order valence-corrected chi connectivity index (χ2v) is 10.3. The Morgan fingerprint density at radius 3 is 2.52 bits per heavy atom. The Labute approximate surface area is 181 Å². The number of halogens is 1. The first-order valence-electron chi connectivity index (χ1n) is 9.92. The molecule has 1 aliphatic carbocycles. The minimum Gasteiger partial charge on any atom is -0.348 e. The SMILES string of the molecule is CCC(NC(=O)CN(c1cccc(Br)c1)S(C)(=O)=O)c1ccc2c(c1)CCCC2. The van der Waals surface area contributed by atoms with Crippen LogP contribution < -0.4 is 9.62 Å². The van der Waals surface area contributed by atoms with Crippen LogP contribution in [-0.4, -0.2) is 27.1 Å². The van der Waals surface area contributed by atoms with Crippen LogP contribution in [0, 0.1) is 0 Å². The summed E-state index contributed by atoms with van der Waals surface area (Å²) in [6.45, 7) is 1.77. The van der Waals surface area contributed by atoms with Crippen LogP contribution in [-0.2, 0) is 27.7 Å². The Morgan fingerprint density at radius 1 is 1.14 bits per heavy atom. The Hall–Kier alpha value is -1.86. The summed E-state index contributed by atoms with van der Waals surface area (Å²) in [5.74, 6) is -0.319. The van der Waals surface area contributed by atoms with Crippen molar-refractivity contribution in [2.45, 2.75) is 45.1 Å². The maximum absolute atomic E-state index is 12.8. The van der Waals surface area contributed by atoms with Crippen LogP contribution in [0.25, 0.3) is 0 Å². The van der Waals surface area contributed by atoms with Gasteiger partial charge in [-0.3, -0.25) is 9.10 Å². The van der Waals surface area contributed by atoms with Crippen LogP contribution in [0.5, 0.6) is 0 Å². The highest BCUT2D eigenvalue weighted by atomic mass is 79.9. The maximum Gasteiger partial charge on any atom is 0.241 e. The molecule has 156 valence electrons. The Balaban J connectivity index is 1.76. The van der Waals surface area contributed by atoms with Gasteiger partial charge in [0, 0.05) is 4.47 Å². The summed E-state index contributed by atoms with van der Waals surface area (Å²) in [7, 11) is -3.60. The van der Waals surface area contributed by atoms with Crippen molar-refractivity contribution in [2.24, 2.45) is 0 Å². The average Bonchev–Trinajstić information content (AvgIpc) is 2.69. The van der Waals surface area contributed by atoms with Gasteiger partial charge in [-0.05, 0) is 67.0 Å². The van der Waals surface area contributed by atoms with Crippen LogP contribution in [0.4, 0.5) is 5.69 Å². The molecule has 2 aromatic carbocycles. The van der Waals surface area contributed by atoms with E-state index in [4.69, 9.17) is 0 Å². The molecule has 0 aromatic heterocycles. The monoisotopic (exact) mass is 478 g/mol. The zero-order valence-electron chi connectivity index (χ0n) is 16.8. The number of anilines is 1. The molecule has 1 amide bonds. The predicted molar refractivity (Wildman–Crippen MR) is 121 cm³/mol. The van der Waals surface area contributed by atoms with Crippen LogP contribution in [0.15, 0.2) is 46.9 Å². The zero-order chi connectivity index (χ0) is 21.0. The third-order valence-electron chi connectivity index (χ3n) is 5.30. The highest BCUT2D eigenvalue weighted by Crippen LogP contribution is 2.26. The van der Waals surface area contributed by atoms with Gasteiger partial charge in [-0.1, -0.05) is 47.1 Å². The number of aryl methyl sites for hydroxylation is 2. The van der Waals surface area contributed by atoms with Crippen molar-refractivity contribution >= 4 is 37.5 Å². The number of rotatable bonds is 7. The molecule has 2 aromatic rings. The molecule has 1 N–H and O–H groups in total. The molecule has 0 spiro atoms. The molecule has 0 saturated carbocycles. The standard InChI is InChI=1S/C22H27BrN2O3S/c1-3-21(18-12-11-16-7-4-5-8-17(16)13-18)24-22(26)15-25(29(2,27)28)20-10-6-9-19(23)14-20/h6,9-14,21H,3-5,7-8,15H2,1-2H3,(H,24,26). The van der Waals surface area contributed by atoms with E-state index in [9.17, 15) is 13.2 Å². The van der Waals surface area contributed by atoms with E-state index in [1.165, 1.54) is 24.0 Å². The normalized spacial score (nSPS) is 14.7. The van der Waals surface area contributed by atoms with E-state index in [-0.39, 0.29) is 18.5 Å². The third-order valence-corrected chi connectivity index (χ3v) is 6.94. The summed E-state index contributed by atoms with van der Waals surface area (Å²) in [4.78, 5) is 12.8. The van der Waals surface area contributed by atoms with Crippen molar-refractivity contribution < 1.29 is 13.2 Å². The second kappa shape index (κ2) is 9.30. The fourth-order valence-corrected chi connectivity index (χ4v) is 5.03. The number of amides is 1. The number of carbonyl (C=O) groups excluding carboxylic acids is 1. The Kier molecular flexibility index (Phi) is 7.01. The van der Waals surface area contributed by atoms with Crippen LogP contribution >= 0.6 is 15.9 Å². The lowest BCUT2D eigenvalue weighted by Gasteiger charge is -2.25. The van der Waals surface area contributed by atoms with Gasteiger partial charge in [-0.15, -0.1) is 0 Å². The van der Waals surface area contributed by atoms with E-state index in [2.05, 4.69) is 39.4 Å². The number of fused-ring (bicyclic) bond motifs is 1. The van der Waals surface area contributed by atoms with Gasteiger partial charge in [0.1, 0.15) is 6.54 Å². The molecular formula is C22H27BrN2O3S. The average molecular weight is 479 g/mol. The fraction of sp³-hybridized carbons (Fsp3) is 0.409. The molecule has 5 nitrogen and oxygen atoms in total. The van der Waals surface area contributed by atoms with Crippen molar-refractivity contribution in [3.63, 3.8) is 0 Å². The number of hydrogen-bond donors (Lipinski definition) is 1. The lowest BCUT2D eigenvalue weighted by molar-refractivity contribution is -0.120. The van der Waals surface area contributed by atoms with Crippen LogP contribution in [0.3, 0.4) is 0 Å². The summed E-state index contributed by atoms with van der Waals surface area (Å²) in [5.41, 5.74) is 4.31. The molecule has 1 atom stereocenters. The summed E-state index contributed by atoms with van der Waals surface area (Å²) >= 11 is 3.35. The minimum atomic E-state index is -3.60. The first-order valence-corrected chi connectivity index (χ1v) is 12.6. The van der Waals surface area contributed by atoms with E-state index in [0.29, 0.717) is 5.69 Å². The Morgan fingerprint density at radius 2 is 1.86 bits per heavy atom. The summed E-state index contributed by atoms with van der Waals surface area (Å²) in [6.07, 6.45) is 6.49. The van der Waals surface area contributed by atoms with Gasteiger partial charge in [-0.25, -0.2) is 8.42 Å². The van der Waals surface area contributed by atoms with Crippen LogP contribution in [0.1, 0.15) is 48.9 Å². The number of hydrogen-bond acceptors (Lipinski definition) is 3. The lowest BCUT2D eigenvalue weighted by atomic mass is 9.89. The van der Waals surface area contributed by atoms with Gasteiger partial charge in [0.25, 0.3) is 0 Å². The van der Waals surface area contributed by atoms with Gasteiger partial charge in [0.2, 0.25) is 15.9 Å². The van der Waals surface area contributed by atoms with E-state index in [0.717, 1.165) is 39.9 Å². The zero-order valence-corrected chi connectivity index (χ0v) is 19.2. The van der Waals surface area contributed by atoms with Gasteiger partial charge < -0.3 is 5.32 Å². The Bertz CT molecular complexity index is 991. The highest BCUT2D eigenvalue weighted by Gasteiger charge is 2.23. The first kappa shape index (κ1) is 21.8. The maximum atomic E-state index is 12.8. The second-order valence-electron chi connectivity index (χ2n) is 7.51. The fourth-order valence-electron chi connectivity index (χ4n) is 3.79. The van der Waals surface area contributed by atoms with E-state index in [1.54, 1.807) is 18.2 Å². The topological polar surface area (TPSA) is 66.5 Å². The summed E-state index contributed by atoms with van der Waals surface area (Å²) in [6, 6.07) is 13.2. The molecule has 0 heterocycles. The third kappa shape index (κ3) is 5.60. The molecule has 29 heavy (non-hydrogen) atoms. The van der Waals surface area contributed by atoms with Crippen molar-refractivity contribution in [3.05, 3.63) is 63.6 Å². The van der Waals surface area contributed by atoms with Crippen molar-refractivity contribution in [1.29, 1.82) is 0 Å². The summed E-state index contributed by atoms with van der Waals surface area (Å²) < 4.78 is 26.5. The molecule has 1 aliphatic rings. The minimum absolute atomic E-state index is 0.140. The number of nitrogens with one attached hydrogen (secondary N) is 1. The number of benzene rings is 2. The molecule has 0 saturated heterocycles. The predicted octanol–water partition coefficient (Wildman–Crippen LogP) is 4.36. The van der Waals surface area contributed by atoms with Gasteiger partial charge in [-0.2, -0.15) is 0 Å². The largest absolute Gasteiger partial charge is 0.348 e. The van der Waals surface area contributed by atoms with E-state index in [1.807, 2.05) is 13.0 Å². The summed E-state index contributed by atoms with van der Waals surface area (Å²) in [5, 5.41) is 3.02.